The second-order valence-corrected chi connectivity index (χ2v) is 16.4. The molecule has 2 aromatic rings. The number of fused-ring (bicyclic) bond motifs is 1. The summed E-state index contributed by atoms with van der Waals surface area (Å²) in [5.74, 6) is -0.0927. The summed E-state index contributed by atoms with van der Waals surface area (Å²) in [4.78, 5) is 27.9. The number of hydrogen-bond donors (Lipinski definition) is 3. The summed E-state index contributed by atoms with van der Waals surface area (Å²) in [6.07, 6.45) is 3.42. The molecule has 0 unspecified atom stereocenters. The molecule has 0 aromatic heterocycles. The van der Waals surface area contributed by atoms with Gasteiger partial charge in [0.1, 0.15) is 0 Å². The second-order valence-electron chi connectivity index (χ2n) is 12.6. The van der Waals surface area contributed by atoms with Crippen molar-refractivity contribution < 1.29 is 23.5 Å². The molecule has 0 aliphatic carbocycles. The van der Waals surface area contributed by atoms with E-state index in [1.807, 2.05) is 42.5 Å². The normalized spacial score (nSPS) is 28.0. The molecule has 5 rings (SSSR count). The lowest BCUT2D eigenvalue weighted by atomic mass is 9.93. The highest BCUT2D eigenvalue weighted by Crippen LogP contribution is 2.47. The van der Waals surface area contributed by atoms with Gasteiger partial charge in [0.15, 0.2) is 0 Å². The fraction of sp³-hybridized carbons (Fsp3) is 0.562. The zero-order valence-corrected chi connectivity index (χ0v) is 25.4. The highest BCUT2D eigenvalue weighted by Gasteiger charge is 2.52. The zero-order chi connectivity index (χ0) is 29.1. The molecule has 9 heteroatoms. The van der Waals surface area contributed by atoms with E-state index in [0.717, 1.165) is 48.2 Å². The lowest BCUT2D eigenvalue weighted by Gasteiger charge is -2.37. The highest BCUT2D eigenvalue weighted by atomic mass is 28.4. The summed E-state index contributed by atoms with van der Waals surface area (Å²) in [5, 5.41) is 16.3. The Morgan fingerprint density at radius 2 is 1.93 bits per heavy atom. The van der Waals surface area contributed by atoms with Gasteiger partial charge in [-0.05, 0) is 86.5 Å². The van der Waals surface area contributed by atoms with Crippen molar-refractivity contribution in [3.63, 3.8) is 0 Å². The third-order valence-corrected chi connectivity index (χ3v) is 11.7. The van der Waals surface area contributed by atoms with Crippen LogP contribution in [0.5, 0.6) is 0 Å². The van der Waals surface area contributed by atoms with Crippen LogP contribution in [0.4, 0.5) is 9.80 Å². The molecule has 2 saturated heterocycles. The number of carbonyl (C=O) groups is 2. The van der Waals surface area contributed by atoms with Gasteiger partial charge in [0.2, 0.25) is 20.2 Å². The van der Waals surface area contributed by atoms with Crippen molar-refractivity contribution in [2.75, 3.05) is 18.5 Å². The van der Waals surface area contributed by atoms with Crippen molar-refractivity contribution in [2.45, 2.75) is 94.9 Å². The molecule has 6 atom stereocenters. The predicted molar refractivity (Wildman–Crippen MR) is 161 cm³/mol. The quantitative estimate of drug-likeness (QED) is 0.298. The van der Waals surface area contributed by atoms with Gasteiger partial charge in [-0.1, -0.05) is 43.3 Å². The van der Waals surface area contributed by atoms with E-state index < -0.39 is 14.5 Å². The molecule has 3 aliphatic heterocycles. The molecule has 0 radical (unpaired) electrons. The van der Waals surface area contributed by atoms with Gasteiger partial charge in [-0.2, -0.15) is 0 Å². The number of anilines is 1. The summed E-state index contributed by atoms with van der Waals surface area (Å²) in [6.45, 7) is 6.72. The molecule has 3 heterocycles. The Morgan fingerprint density at radius 3 is 2.63 bits per heavy atom. The molecule has 0 saturated carbocycles. The SMILES string of the molecule is C[C@@H]1[C@@H]([Si](C)(C)F)[C@H](CC(=O)N2Cc3ccccc3C[C@H]2CO)O[C@@H]1CCc1cccc(NC(=O)[C@H]2CCCN2)c1. The van der Waals surface area contributed by atoms with Crippen molar-refractivity contribution in [2.24, 2.45) is 5.92 Å². The molecule has 222 valence electrons. The van der Waals surface area contributed by atoms with Crippen molar-refractivity contribution >= 4 is 25.9 Å². The predicted octanol–water partition coefficient (Wildman–Crippen LogP) is 4.59. The number of aliphatic hydroxyl groups is 1. The van der Waals surface area contributed by atoms with Gasteiger partial charge in [0.25, 0.3) is 0 Å². The van der Waals surface area contributed by atoms with E-state index in [1.165, 1.54) is 0 Å². The molecule has 7 nitrogen and oxygen atoms in total. The number of carbonyl (C=O) groups excluding carboxylic acids is 2. The Kier molecular flexibility index (Phi) is 9.28. The molecular weight excluding hydrogens is 537 g/mol. The maximum absolute atomic E-state index is 15.7. The Bertz CT molecular complexity index is 1230. The van der Waals surface area contributed by atoms with E-state index >= 15 is 4.11 Å². The number of halogens is 1. The first-order chi connectivity index (χ1) is 19.6. The van der Waals surface area contributed by atoms with Crippen LogP contribution in [-0.2, 0) is 33.7 Å². The van der Waals surface area contributed by atoms with Crippen molar-refractivity contribution in [3.05, 3.63) is 65.2 Å². The van der Waals surface area contributed by atoms with Crippen LogP contribution in [0, 0.1) is 5.92 Å². The molecule has 2 aromatic carbocycles. The average Bonchev–Trinajstić information content (AvgIpc) is 3.59. The van der Waals surface area contributed by atoms with Crippen LogP contribution < -0.4 is 10.6 Å². The van der Waals surface area contributed by atoms with Crippen molar-refractivity contribution in [3.8, 4) is 0 Å². The number of aliphatic hydroxyl groups excluding tert-OH is 1. The zero-order valence-electron chi connectivity index (χ0n) is 24.4. The third-order valence-electron chi connectivity index (χ3n) is 9.25. The minimum absolute atomic E-state index is 0.00137. The van der Waals surface area contributed by atoms with Crippen molar-refractivity contribution in [1.82, 2.24) is 10.2 Å². The molecular formula is C32H44FN3O4Si. The maximum atomic E-state index is 15.7. The number of rotatable bonds is 9. The van der Waals surface area contributed by atoms with E-state index in [9.17, 15) is 14.7 Å². The summed E-state index contributed by atoms with van der Waals surface area (Å²) in [7, 11) is -3.14. The number of aryl methyl sites for hydroxylation is 1. The summed E-state index contributed by atoms with van der Waals surface area (Å²) in [6, 6.07) is 15.5. The molecule has 2 fully saturated rings. The van der Waals surface area contributed by atoms with Gasteiger partial charge in [0.05, 0.1) is 37.3 Å². The highest BCUT2D eigenvalue weighted by molar-refractivity contribution is 6.72. The summed E-state index contributed by atoms with van der Waals surface area (Å²) >= 11 is 0. The van der Waals surface area contributed by atoms with Crippen LogP contribution in [0.2, 0.25) is 18.6 Å². The largest absolute Gasteiger partial charge is 0.394 e. The lowest BCUT2D eigenvalue weighted by molar-refractivity contribution is -0.138. The van der Waals surface area contributed by atoms with E-state index in [0.29, 0.717) is 19.4 Å². The van der Waals surface area contributed by atoms with Gasteiger partial charge >= 0.3 is 0 Å². The second kappa shape index (κ2) is 12.7. The van der Waals surface area contributed by atoms with Gasteiger partial charge in [-0.15, -0.1) is 0 Å². The van der Waals surface area contributed by atoms with Gasteiger partial charge in [-0.3, -0.25) is 9.59 Å². The van der Waals surface area contributed by atoms with Crippen molar-refractivity contribution in [1.29, 1.82) is 0 Å². The first-order valence-electron chi connectivity index (χ1n) is 15.1. The van der Waals surface area contributed by atoms with Crippen LogP contribution in [0.3, 0.4) is 0 Å². The number of nitrogens with zero attached hydrogens (tertiary/aromatic N) is 1. The number of nitrogens with one attached hydrogen (secondary N) is 2. The monoisotopic (exact) mass is 581 g/mol. The maximum Gasteiger partial charge on any atom is 0.246 e. The Balaban J connectivity index is 1.23. The molecule has 3 N–H and O–H groups in total. The Labute approximate surface area is 244 Å². The van der Waals surface area contributed by atoms with Crippen LogP contribution in [-0.4, -0.2) is 67.7 Å². The smallest absolute Gasteiger partial charge is 0.246 e. The van der Waals surface area contributed by atoms with Gasteiger partial charge in [-0.25, -0.2) is 0 Å². The summed E-state index contributed by atoms with van der Waals surface area (Å²) in [5.41, 5.74) is 3.84. The molecule has 2 amide bonds. The fourth-order valence-corrected chi connectivity index (χ4v) is 9.70. The van der Waals surface area contributed by atoms with Gasteiger partial charge in [0, 0.05) is 17.8 Å². The molecule has 0 bridgehead atoms. The molecule has 3 aliphatic rings. The Morgan fingerprint density at radius 1 is 1.15 bits per heavy atom. The minimum atomic E-state index is -3.14. The fourth-order valence-electron chi connectivity index (χ4n) is 7.16. The van der Waals surface area contributed by atoms with E-state index in [-0.39, 0.29) is 54.5 Å². The number of benzene rings is 2. The minimum Gasteiger partial charge on any atom is -0.394 e. The first kappa shape index (κ1) is 29.9. The van der Waals surface area contributed by atoms with E-state index in [2.05, 4.69) is 23.6 Å². The summed E-state index contributed by atoms with van der Waals surface area (Å²) < 4.78 is 22.2. The number of ether oxygens (including phenoxy) is 1. The van der Waals surface area contributed by atoms with Crippen LogP contribution in [0.25, 0.3) is 0 Å². The topological polar surface area (TPSA) is 90.9 Å². The van der Waals surface area contributed by atoms with Crippen LogP contribution in [0.15, 0.2) is 48.5 Å². The van der Waals surface area contributed by atoms with E-state index in [1.54, 1.807) is 18.0 Å². The third kappa shape index (κ3) is 6.91. The number of amides is 2. The average molecular weight is 582 g/mol. The number of hydrogen-bond acceptors (Lipinski definition) is 5. The Hall–Kier alpha value is -2.59. The van der Waals surface area contributed by atoms with Gasteiger partial charge < -0.3 is 29.5 Å². The standard InChI is InChI=1S/C32H44FN3O4Si/c1-21-28(14-13-22-8-6-11-25(16-22)35-32(39)27-12-7-15-34-27)40-29(31(21)41(2,3)33)18-30(38)36-19-24-10-5-4-9-23(24)17-26(36)20-37/h4-6,8-11,16,21,26-29,31,34,37H,7,12-15,17-20H2,1-3H3,(H,35,39)/t21-,26-,27+,28+,29-,31+/m0/s1. The van der Waals surface area contributed by atoms with Crippen LogP contribution in [0.1, 0.15) is 49.3 Å². The van der Waals surface area contributed by atoms with E-state index in [4.69, 9.17) is 4.74 Å². The van der Waals surface area contributed by atoms with Crippen LogP contribution >= 0.6 is 0 Å². The lowest BCUT2D eigenvalue weighted by Crippen LogP contribution is -2.48. The molecule has 41 heavy (non-hydrogen) atoms. The molecule has 0 spiro atoms. The first-order valence-corrected chi connectivity index (χ1v) is 18.0.